The van der Waals surface area contributed by atoms with E-state index in [2.05, 4.69) is 31.7 Å². The fraction of sp³-hybridized carbons (Fsp3) is 0.174. The molecule has 1 aromatic carbocycles. The van der Waals surface area contributed by atoms with E-state index in [1.807, 2.05) is 73.9 Å². The number of ether oxygens (including phenoxy) is 1. The Hall–Kier alpha value is -4.27. The van der Waals surface area contributed by atoms with Gasteiger partial charge in [0.05, 0.1) is 23.3 Å². The van der Waals surface area contributed by atoms with Crippen LogP contribution in [0.15, 0.2) is 54.9 Å². The Morgan fingerprint density at radius 3 is 2.78 bits per heavy atom. The molecule has 0 atom stereocenters. The van der Waals surface area contributed by atoms with E-state index >= 15 is 0 Å². The minimum Gasteiger partial charge on any atom is -0.477 e. The Labute approximate surface area is 184 Å². The first kappa shape index (κ1) is 19.7. The summed E-state index contributed by atoms with van der Waals surface area (Å²) in [5.41, 5.74) is 4.43. The maximum Gasteiger partial charge on any atom is 0.233 e. The molecule has 9 nitrogen and oxygen atoms in total. The topological polar surface area (TPSA) is 95.6 Å². The second-order valence-electron chi connectivity index (χ2n) is 7.24. The lowest BCUT2D eigenvalue weighted by Crippen LogP contribution is -2.05. The lowest BCUT2D eigenvalue weighted by atomic mass is 10.2. The number of aryl methyl sites for hydroxylation is 2. The number of benzene rings is 1. The number of fused-ring (bicyclic) bond motifs is 1. The summed E-state index contributed by atoms with van der Waals surface area (Å²) in [6, 6.07) is 18.5. The molecule has 0 aliphatic rings. The zero-order chi connectivity index (χ0) is 22.1. The molecule has 0 unspecified atom stereocenters. The zero-order valence-electron chi connectivity index (χ0n) is 17.9. The van der Waals surface area contributed by atoms with Crippen LogP contribution in [0.3, 0.4) is 0 Å². The molecule has 9 heteroatoms. The van der Waals surface area contributed by atoms with Crippen molar-refractivity contribution in [3.63, 3.8) is 0 Å². The maximum absolute atomic E-state index is 5.51. The van der Waals surface area contributed by atoms with Crippen LogP contribution in [0.1, 0.15) is 18.3 Å². The third-order valence-electron chi connectivity index (χ3n) is 4.89. The van der Waals surface area contributed by atoms with Crippen molar-refractivity contribution in [2.24, 2.45) is 0 Å². The van der Waals surface area contributed by atoms with Gasteiger partial charge in [-0.15, -0.1) is 10.2 Å². The Kier molecular flexibility index (Phi) is 4.98. The van der Waals surface area contributed by atoms with Crippen LogP contribution in [0, 0.1) is 19.9 Å². The van der Waals surface area contributed by atoms with Gasteiger partial charge < -0.3 is 10.1 Å². The second-order valence-corrected chi connectivity index (χ2v) is 7.24. The molecule has 0 bridgehead atoms. The number of nitrogens with zero attached hydrogens (tertiary/aromatic N) is 7. The van der Waals surface area contributed by atoms with Crippen LogP contribution in [0.5, 0.6) is 5.88 Å². The van der Waals surface area contributed by atoms with E-state index in [1.54, 1.807) is 11.0 Å². The largest absolute Gasteiger partial charge is 0.477 e. The highest BCUT2D eigenvalue weighted by Crippen LogP contribution is 2.24. The average molecular weight is 425 g/mol. The van der Waals surface area contributed by atoms with Crippen molar-refractivity contribution < 1.29 is 4.74 Å². The number of hydrogen-bond acceptors (Lipinski definition) is 7. The van der Waals surface area contributed by atoms with Crippen LogP contribution in [-0.2, 0) is 0 Å². The minimum absolute atomic E-state index is 0.555. The Bertz CT molecular complexity index is 1390. The lowest BCUT2D eigenvalue weighted by molar-refractivity contribution is 0.324. The quantitative estimate of drug-likeness (QED) is 0.440. The summed E-state index contributed by atoms with van der Waals surface area (Å²) in [7, 11) is 0. The molecule has 159 valence electrons. The van der Waals surface area contributed by atoms with Gasteiger partial charge >= 0.3 is 0 Å². The predicted octanol–water partition coefficient (Wildman–Crippen LogP) is 3.96. The zero-order valence-corrected chi connectivity index (χ0v) is 17.9. The smallest absolute Gasteiger partial charge is 0.233 e. The molecule has 4 heterocycles. The van der Waals surface area contributed by atoms with Gasteiger partial charge in [0.1, 0.15) is 12.1 Å². The fourth-order valence-electron chi connectivity index (χ4n) is 3.37. The summed E-state index contributed by atoms with van der Waals surface area (Å²) < 4.78 is 9.16. The predicted molar refractivity (Wildman–Crippen MR) is 121 cm³/mol. The summed E-state index contributed by atoms with van der Waals surface area (Å²) in [6.45, 7) is 6.34. The molecule has 5 aromatic rings. The number of nitrogens with one attached hydrogen (secondary N) is 1. The Morgan fingerprint density at radius 2 is 1.97 bits per heavy atom. The Balaban J connectivity index is 1.51. The first-order valence-corrected chi connectivity index (χ1v) is 10.2. The van der Waals surface area contributed by atoms with Crippen molar-refractivity contribution in [3.05, 3.63) is 72.3 Å². The van der Waals surface area contributed by atoms with Crippen LogP contribution in [-0.4, -0.2) is 41.1 Å². The van der Waals surface area contributed by atoms with E-state index in [-0.39, 0.29) is 0 Å². The number of anilines is 2. The molecule has 1 radical (unpaired) electrons. The fourth-order valence-corrected chi connectivity index (χ4v) is 3.37. The first-order chi connectivity index (χ1) is 15.6. The number of imidazole rings is 1. The van der Waals surface area contributed by atoms with Crippen molar-refractivity contribution in [2.75, 3.05) is 11.9 Å². The van der Waals surface area contributed by atoms with Gasteiger partial charge in [-0.05, 0) is 63.2 Å². The van der Waals surface area contributed by atoms with Crippen molar-refractivity contribution in [1.29, 1.82) is 0 Å². The maximum atomic E-state index is 5.51. The van der Waals surface area contributed by atoms with Crippen LogP contribution in [0.4, 0.5) is 11.5 Å². The van der Waals surface area contributed by atoms with Crippen LogP contribution in [0.2, 0.25) is 0 Å². The van der Waals surface area contributed by atoms with E-state index in [9.17, 15) is 0 Å². The van der Waals surface area contributed by atoms with E-state index in [1.165, 1.54) is 0 Å². The monoisotopic (exact) mass is 425 g/mol. The summed E-state index contributed by atoms with van der Waals surface area (Å²) in [5.74, 6) is 2.53. The van der Waals surface area contributed by atoms with Crippen molar-refractivity contribution in [2.45, 2.75) is 20.8 Å². The minimum atomic E-state index is 0.555. The Morgan fingerprint density at radius 1 is 1.06 bits per heavy atom. The molecule has 0 spiro atoms. The number of rotatable bonds is 6. The van der Waals surface area contributed by atoms with Crippen molar-refractivity contribution in [1.82, 2.24) is 34.5 Å². The lowest BCUT2D eigenvalue weighted by Gasteiger charge is -2.09. The van der Waals surface area contributed by atoms with E-state index in [4.69, 9.17) is 9.72 Å². The van der Waals surface area contributed by atoms with Crippen molar-refractivity contribution in [3.8, 4) is 17.5 Å². The average Bonchev–Trinajstić information content (AvgIpc) is 3.39. The third-order valence-corrected chi connectivity index (χ3v) is 4.89. The molecule has 1 N–H and O–H groups in total. The van der Waals surface area contributed by atoms with Gasteiger partial charge in [0, 0.05) is 23.5 Å². The molecule has 0 saturated carbocycles. The van der Waals surface area contributed by atoms with E-state index in [0.717, 1.165) is 28.1 Å². The van der Waals surface area contributed by atoms with E-state index in [0.29, 0.717) is 29.9 Å². The number of aromatic nitrogens is 7. The van der Waals surface area contributed by atoms with Gasteiger partial charge in [-0.2, -0.15) is 5.10 Å². The summed E-state index contributed by atoms with van der Waals surface area (Å²) in [4.78, 5) is 9.28. The SMILES string of the molecule is CCOc1cc(C)n(-c2[c]ccc(-n3cnc4ccc(Nc5ccc(C)nn5)cc43)n2)n1. The third kappa shape index (κ3) is 3.76. The molecule has 5 rings (SSSR count). The van der Waals surface area contributed by atoms with Gasteiger partial charge in [0.2, 0.25) is 5.88 Å². The van der Waals surface area contributed by atoms with Gasteiger partial charge in [0.15, 0.2) is 11.6 Å². The molecule has 32 heavy (non-hydrogen) atoms. The van der Waals surface area contributed by atoms with Gasteiger partial charge in [-0.3, -0.25) is 4.57 Å². The van der Waals surface area contributed by atoms with E-state index < -0.39 is 0 Å². The highest BCUT2D eigenvalue weighted by molar-refractivity contribution is 5.82. The number of pyridine rings is 1. The molecule has 0 aliphatic carbocycles. The van der Waals surface area contributed by atoms with Gasteiger partial charge in [-0.25, -0.2) is 14.6 Å². The highest BCUT2D eigenvalue weighted by atomic mass is 16.5. The van der Waals surface area contributed by atoms with Gasteiger partial charge in [-0.1, -0.05) is 0 Å². The molecule has 0 amide bonds. The summed E-state index contributed by atoms with van der Waals surface area (Å²) in [6.07, 6.45) is 1.76. The molecule has 4 aromatic heterocycles. The second kappa shape index (κ2) is 8.10. The summed E-state index contributed by atoms with van der Waals surface area (Å²) >= 11 is 0. The van der Waals surface area contributed by atoms with Crippen LogP contribution < -0.4 is 10.1 Å². The van der Waals surface area contributed by atoms with Crippen LogP contribution in [0.25, 0.3) is 22.7 Å². The summed E-state index contributed by atoms with van der Waals surface area (Å²) in [5, 5.41) is 16.0. The normalized spacial score (nSPS) is 11.1. The van der Waals surface area contributed by atoms with Crippen LogP contribution >= 0.6 is 0 Å². The van der Waals surface area contributed by atoms with Gasteiger partial charge in [0.25, 0.3) is 0 Å². The molecular formula is C23H21N8O. The van der Waals surface area contributed by atoms with Crippen molar-refractivity contribution >= 4 is 22.5 Å². The molecule has 0 aliphatic heterocycles. The standard InChI is InChI=1S/C23H21N8O/c1-4-32-23-12-16(3)31(29-23)22-7-5-6-21(26-22)30-14-24-18-10-9-17(13-19(18)30)25-20-11-8-15(2)27-28-20/h5-6,8-14H,4H2,1-3H3,(H,25,28). The molecular weight excluding hydrogens is 404 g/mol. The highest BCUT2D eigenvalue weighted by Gasteiger charge is 2.12. The molecule has 0 saturated heterocycles. The number of hydrogen-bond donors (Lipinski definition) is 1. The first-order valence-electron chi connectivity index (χ1n) is 10.2. The molecule has 0 fully saturated rings.